The smallest absolute Gasteiger partial charge is 0.362 e. The lowest BCUT2D eigenvalue weighted by Gasteiger charge is -2.31. The fourth-order valence-electron chi connectivity index (χ4n) is 4.55. The van der Waals surface area contributed by atoms with E-state index < -0.39 is 18.1 Å². The molecule has 0 fully saturated rings. The average molecular weight is 569 g/mol. The molecule has 40 heavy (non-hydrogen) atoms. The highest BCUT2D eigenvalue weighted by molar-refractivity contribution is 5.72. The Labute approximate surface area is 245 Å². The van der Waals surface area contributed by atoms with Crippen LogP contribution in [0.25, 0.3) is 0 Å². The zero-order chi connectivity index (χ0) is 29.9. The predicted molar refractivity (Wildman–Crippen MR) is 164 cm³/mol. The largest absolute Gasteiger partial charge is 0.477 e. The molecule has 0 heterocycles. The second-order valence-electron chi connectivity index (χ2n) is 12.0. The number of likely N-dealkylation sites (N-methyl/N-ethyl adjacent to an activating group) is 1. The third kappa shape index (κ3) is 25.3. The minimum absolute atomic E-state index is 0.0186. The Kier molecular flexibility index (Phi) is 25.1. The van der Waals surface area contributed by atoms with E-state index in [1.165, 1.54) is 83.5 Å². The number of quaternary nitrogens is 1. The number of ether oxygens (including phenoxy) is 2. The Morgan fingerprint density at radius 1 is 0.750 bits per heavy atom. The van der Waals surface area contributed by atoms with Crippen molar-refractivity contribution in [2.24, 2.45) is 0 Å². The van der Waals surface area contributed by atoms with Crippen molar-refractivity contribution in [2.75, 3.05) is 41.0 Å². The monoisotopic (exact) mass is 568 g/mol. The average Bonchev–Trinajstić information content (AvgIpc) is 2.89. The van der Waals surface area contributed by atoms with Gasteiger partial charge in [-0.1, -0.05) is 102 Å². The number of aliphatic carboxylic acids is 1. The molecule has 0 saturated carbocycles. The van der Waals surface area contributed by atoms with Crippen LogP contribution < -0.4 is 0 Å². The topological polar surface area (TPSA) is 93.1 Å². The first-order valence-corrected chi connectivity index (χ1v) is 16.0. The normalized spacial score (nSPS) is 13.7. The van der Waals surface area contributed by atoms with Crippen LogP contribution >= 0.6 is 0 Å². The Hall–Kier alpha value is -1.70. The van der Waals surface area contributed by atoms with Crippen LogP contribution in [-0.2, 0) is 19.1 Å². The number of carboxylic acid groups (broad SMARTS) is 1. The van der Waals surface area contributed by atoms with Crippen LogP contribution in [0.15, 0.2) is 24.3 Å². The van der Waals surface area contributed by atoms with Crippen LogP contribution in [0, 0.1) is 0 Å². The van der Waals surface area contributed by atoms with Gasteiger partial charge in [0, 0.05) is 12.8 Å². The van der Waals surface area contributed by atoms with Gasteiger partial charge in [0.05, 0.1) is 34.4 Å². The molecule has 0 aromatic carbocycles. The van der Waals surface area contributed by atoms with Crippen molar-refractivity contribution in [1.82, 2.24) is 0 Å². The van der Waals surface area contributed by atoms with Gasteiger partial charge in [-0.25, -0.2) is 4.79 Å². The maximum atomic E-state index is 11.9. The Morgan fingerprint density at radius 2 is 1.25 bits per heavy atom. The van der Waals surface area contributed by atoms with Crippen LogP contribution in [-0.4, -0.2) is 79.7 Å². The van der Waals surface area contributed by atoms with Gasteiger partial charge >= 0.3 is 11.9 Å². The quantitative estimate of drug-likeness (QED) is 0.0448. The van der Waals surface area contributed by atoms with E-state index in [0.717, 1.165) is 19.3 Å². The number of unbranched alkanes of at least 4 members (excludes halogenated alkanes) is 14. The minimum Gasteiger partial charge on any atom is -0.477 e. The zero-order valence-electron chi connectivity index (χ0n) is 26.3. The summed E-state index contributed by atoms with van der Waals surface area (Å²) in [4.78, 5) is 23.2. The van der Waals surface area contributed by atoms with Crippen molar-refractivity contribution in [3.63, 3.8) is 0 Å². The lowest BCUT2D eigenvalue weighted by atomic mass is 10.1. The molecular formula is C33H62NO6+. The van der Waals surface area contributed by atoms with E-state index in [4.69, 9.17) is 9.47 Å². The maximum absolute atomic E-state index is 11.9. The number of aliphatic hydroxyl groups excluding tert-OH is 1. The zero-order valence-corrected chi connectivity index (χ0v) is 26.3. The summed E-state index contributed by atoms with van der Waals surface area (Å²) in [6.07, 6.45) is 28.5. The van der Waals surface area contributed by atoms with Crippen molar-refractivity contribution in [3.8, 4) is 0 Å². The highest BCUT2D eigenvalue weighted by Gasteiger charge is 2.30. The summed E-state index contributed by atoms with van der Waals surface area (Å²) >= 11 is 0. The molecule has 0 aromatic rings. The van der Waals surface area contributed by atoms with E-state index in [-0.39, 0.29) is 25.8 Å². The van der Waals surface area contributed by atoms with Gasteiger partial charge in [-0.2, -0.15) is 0 Å². The van der Waals surface area contributed by atoms with Crippen LogP contribution in [0.2, 0.25) is 0 Å². The molecule has 2 N–H and O–H groups in total. The lowest BCUT2D eigenvalue weighted by Crippen LogP contribution is -2.50. The standard InChI is InChI=1S/C33H61NO6/c1-5-6-7-8-9-10-11-12-13-14-15-16-17-18-19-20-21-22-23-24-25-32(36)40-29-30(35)28-39-27-26-31(33(37)38)34(2,3)4/h10-13,30-31,35H,5-9,14-29H2,1-4H3/p+1/b11-10+,13-12+. The number of rotatable bonds is 28. The first-order valence-electron chi connectivity index (χ1n) is 16.0. The number of hydrogen-bond donors (Lipinski definition) is 2. The fourth-order valence-corrected chi connectivity index (χ4v) is 4.55. The molecule has 0 rings (SSSR count). The molecule has 0 aliphatic heterocycles. The van der Waals surface area contributed by atoms with E-state index in [2.05, 4.69) is 31.2 Å². The van der Waals surface area contributed by atoms with Gasteiger partial charge in [-0.15, -0.1) is 0 Å². The maximum Gasteiger partial charge on any atom is 0.362 e. The Balaban J connectivity index is 3.50. The molecule has 234 valence electrons. The molecule has 0 aromatic heterocycles. The summed E-state index contributed by atoms with van der Waals surface area (Å²) in [5.41, 5.74) is 0. The number of esters is 1. The predicted octanol–water partition coefficient (Wildman–Crippen LogP) is 7.22. The van der Waals surface area contributed by atoms with Gasteiger partial charge in [0.1, 0.15) is 12.7 Å². The molecule has 0 aliphatic carbocycles. The van der Waals surface area contributed by atoms with Crippen LogP contribution in [0.3, 0.4) is 0 Å². The van der Waals surface area contributed by atoms with Crippen molar-refractivity contribution in [1.29, 1.82) is 0 Å². The number of carboxylic acids is 1. The van der Waals surface area contributed by atoms with Crippen molar-refractivity contribution >= 4 is 11.9 Å². The number of nitrogens with zero attached hydrogens (tertiary/aromatic N) is 1. The summed E-state index contributed by atoms with van der Waals surface area (Å²) in [5, 5.41) is 19.3. The van der Waals surface area contributed by atoms with Crippen molar-refractivity contribution in [3.05, 3.63) is 24.3 Å². The molecule has 0 amide bonds. The van der Waals surface area contributed by atoms with Crippen molar-refractivity contribution in [2.45, 2.75) is 135 Å². The molecule has 0 saturated heterocycles. The molecule has 7 nitrogen and oxygen atoms in total. The highest BCUT2D eigenvalue weighted by Crippen LogP contribution is 2.13. The lowest BCUT2D eigenvalue weighted by molar-refractivity contribution is -0.887. The van der Waals surface area contributed by atoms with E-state index in [1.807, 2.05) is 21.1 Å². The van der Waals surface area contributed by atoms with Gasteiger partial charge in [-0.3, -0.25) is 4.79 Å². The number of hydrogen-bond acceptors (Lipinski definition) is 5. The second-order valence-corrected chi connectivity index (χ2v) is 12.0. The van der Waals surface area contributed by atoms with Crippen LogP contribution in [0.5, 0.6) is 0 Å². The van der Waals surface area contributed by atoms with Crippen LogP contribution in [0.4, 0.5) is 0 Å². The summed E-state index contributed by atoms with van der Waals surface area (Å²) in [7, 11) is 5.47. The summed E-state index contributed by atoms with van der Waals surface area (Å²) < 4.78 is 10.8. The molecule has 0 spiro atoms. The molecular weight excluding hydrogens is 506 g/mol. The number of allylic oxidation sites excluding steroid dienone is 4. The van der Waals surface area contributed by atoms with E-state index in [1.54, 1.807) is 0 Å². The summed E-state index contributed by atoms with van der Waals surface area (Å²) in [6.45, 7) is 2.40. The van der Waals surface area contributed by atoms with Gasteiger partial charge in [0.25, 0.3) is 0 Å². The van der Waals surface area contributed by atoms with Crippen LogP contribution in [0.1, 0.15) is 122 Å². The molecule has 2 atom stereocenters. The van der Waals surface area contributed by atoms with Gasteiger partial charge in [-0.05, 0) is 32.1 Å². The Bertz CT molecular complexity index is 670. The minimum atomic E-state index is -0.903. The number of aliphatic hydroxyl groups is 1. The summed E-state index contributed by atoms with van der Waals surface area (Å²) in [6, 6.07) is -0.574. The van der Waals surface area contributed by atoms with E-state index in [9.17, 15) is 19.8 Å². The van der Waals surface area contributed by atoms with Gasteiger partial charge in [0.15, 0.2) is 6.04 Å². The first-order chi connectivity index (χ1) is 19.2. The van der Waals surface area contributed by atoms with Gasteiger partial charge < -0.3 is 24.2 Å². The number of carbonyl (C=O) groups is 2. The first kappa shape index (κ1) is 38.3. The highest BCUT2D eigenvalue weighted by atomic mass is 16.5. The van der Waals surface area contributed by atoms with Crippen molar-refractivity contribution < 1.29 is 33.8 Å². The molecule has 2 unspecified atom stereocenters. The molecule has 0 radical (unpaired) electrons. The third-order valence-electron chi connectivity index (χ3n) is 7.11. The van der Waals surface area contributed by atoms with E-state index >= 15 is 0 Å². The molecule has 7 heteroatoms. The van der Waals surface area contributed by atoms with E-state index in [0.29, 0.717) is 17.3 Å². The SMILES string of the molecule is CCCCCC/C=C/C=C/CCCCCCCCCCCCC(=O)OCC(O)COCCC(C(=O)O)[N+](C)(C)C. The fraction of sp³-hybridized carbons (Fsp3) is 0.818. The van der Waals surface area contributed by atoms with Gasteiger partial charge in [0.2, 0.25) is 0 Å². The second kappa shape index (κ2) is 26.2. The summed E-state index contributed by atoms with van der Waals surface area (Å²) in [5.74, 6) is -1.16. The molecule has 0 aliphatic rings. The Morgan fingerprint density at radius 3 is 1.75 bits per heavy atom. The molecule has 0 bridgehead atoms. The third-order valence-corrected chi connectivity index (χ3v) is 7.11. The number of carbonyl (C=O) groups excluding carboxylic acids is 1.